The molecule has 0 saturated carbocycles. The van der Waals surface area contributed by atoms with Gasteiger partial charge in [-0.2, -0.15) is 0 Å². The highest BCUT2D eigenvalue weighted by Gasteiger charge is 2.40. The van der Waals surface area contributed by atoms with Gasteiger partial charge < -0.3 is 10.1 Å². The molecule has 0 aliphatic heterocycles. The summed E-state index contributed by atoms with van der Waals surface area (Å²) in [7, 11) is 9.71. The lowest BCUT2D eigenvalue weighted by Crippen LogP contribution is -2.44. The molecule has 3 rings (SSSR count). The Morgan fingerprint density at radius 3 is 2.00 bits per heavy atom. The summed E-state index contributed by atoms with van der Waals surface area (Å²) in [5, 5.41) is 2.75. The quantitative estimate of drug-likeness (QED) is 0.779. The van der Waals surface area contributed by atoms with Crippen molar-refractivity contribution in [3.8, 4) is 0 Å². The zero-order valence-electron chi connectivity index (χ0n) is 17.2. The van der Waals surface area contributed by atoms with Crippen LogP contribution in [-0.4, -0.2) is 40.2 Å². The summed E-state index contributed by atoms with van der Waals surface area (Å²) >= 11 is 0. The number of nitrogens with one attached hydrogen (secondary N) is 1. The Hall–Kier alpha value is -2.20. The first-order valence-corrected chi connectivity index (χ1v) is 9.41. The van der Waals surface area contributed by atoms with E-state index in [1.807, 2.05) is 20.2 Å². The number of likely N-dealkylation sites (N-methyl/N-ethyl adjacent to an activating group) is 1. The SMILES string of the molecule is CNC.COC(C1=CC(=Cc2ccccc2)CC1)(c1ccccc1)N(C)C. The van der Waals surface area contributed by atoms with Crippen molar-refractivity contribution < 1.29 is 4.74 Å². The van der Waals surface area contributed by atoms with Gasteiger partial charge in [0.1, 0.15) is 0 Å². The van der Waals surface area contributed by atoms with Crippen LogP contribution in [0.15, 0.2) is 77.9 Å². The maximum atomic E-state index is 6.10. The van der Waals surface area contributed by atoms with E-state index < -0.39 is 5.72 Å². The molecule has 0 bridgehead atoms. The van der Waals surface area contributed by atoms with Crippen LogP contribution >= 0.6 is 0 Å². The molecular formula is C24H32N2O. The van der Waals surface area contributed by atoms with Gasteiger partial charge in [-0.05, 0) is 57.7 Å². The molecule has 3 nitrogen and oxygen atoms in total. The molecule has 0 spiro atoms. The third-order valence-electron chi connectivity index (χ3n) is 4.72. The van der Waals surface area contributed by atoms with Gasteiger partial charge in [0.15, 0.2) is 5.72 Å². The monoisotopic (exact) mass is 364 g/mol. The van der Waals surface area contributed by atoms with Gasteiger partial charge >= 0.3 is 0 Å². The van der Waals surface area contributed by atoms with E-state index in [-0.39, 0.29) is 0 Å². The molecule has 1 N–H and O–H groups in total. The van der Waals surface area contributed by atoms with Crippen LogP contribution in [0.1, 0.15) is 24.0 Å². The summed E-state index contributed by atoms with van der Waals surface area (Å²) in [6.07, 6.45) is 6.65. The molecule has 144 valence electrons. The number of allylic oxidation sites excluding steroid dienone is 2. The molecule has 2 aromatic rings. The second-order valence-electron chi connectivity index (χ2n) is 6.91. The van der Waals surface area contributed by atoms with Crippen LogP contribution in [0, 0.1) is 0 Å². The fourth-order valence-electron chi connectivity index (χ4n) is 3.62. The number of hydrogen-bond acceptors (Lipinski definition) is 3. The highest BCUT2D eigenvalue weighted by molar-refractivity contribution is 5.58. The van der Waals surface area contributed by atoms with Crippen molar-refractivity contribution in [2.75, 3.05) is 35.3 Å². The number of benzene rings is 2. The summed E-state index contributed by atoms with van der Waals surface area (Å²) in [6.45, 7) is 0. The van der Waals surface area contributed by atoms with Crippen molar-refractivity contribution >= 4 is 6.08 Å². The molecule has 0 amide bonds. The van der Waals surface area contributed by atoms with E-state index in [9.17, 15) is 0 Å². The topological polar surface area (TPSA) is 24.5 Å². The van der Waals surface area contributed by atoms with E-state index in [0.717, 1.165) is 12.8 Å². The molecule has 1 aliphatic rings. The van der Waals surface area contributed by atoms with Gasteiger partial charge in [0.2, 0.25) is 0 Å². The van der Waals surface area contributed by atoms with E-state index in [1.54, 1.807) is 7.11 Å². The molecule has 0 radical (unpaired) electrons. The molecule has 0 heterocycles. The summed E-state index contributed by atoms with van der Waals surface area (Å²) in [6, 6.07) is 21.0. The lowest BCUT2D eigenvalue weighted by molar-refractivity contribution is -0.0918. The summed E-state index contributed by atoms with van der Waals surface area (Å²) < 4.78 is 6.10. The van der Waals surface area contributed by atoms with E-state index >= 15 is 0 Å². The van der Waals surface area contributed by atoms with Crippen molar-refractivity contribution in [3.05, 3.63) is 89.0 Å². The van der Waals surface area contributed by atoms with Crippen LogP contribution in [0.3, 0.4) is 0 Å². The lowest BCUT2D eigenvalue weighted by Gasteiger charge is -2.40. The van der Waals surface area contributed by atoms with Crippen molar-refractivity contribution in [1.82, 2.24) is 10.2 Å². The molecule has 3 heteroatoms. The van der Waals surface area contributed by atoms with Crippen LogP contribution < -0.4 is 5.32 Å². The van der Waals surface area contributed by atoms with E-state index in [0.29, 0.717) is 0 Å². The average Bonchev–Trinajstić information content (AvgIpc) is 3.13. The smallest absolute Gasteiger partial charge is 0.169 e. The Kier molecular flexibility index (Phi) is 7.99. The molecule has 27 heavy (non-hydrogen) atoms. The van der Waals surface area contributed by atoms with Gasteiger partial charge in [-0.3, -0.25) is 4.90 Å². The Morgan fingerprint density at radius 2 is 1.48 bits per heavy atom. The van der Waals surface area contributed by atoms with Crippen LogP contribution in [0.25, 0.3) is 6.08 Å². The summed E-state index contributed by atoms with van der Waals surface area (Å²) in [4.78, 5) is 2.17. The summed E-state index contributed by atoms with van der Waals surface area (Å²) in [5.74, 6) is 0. The van der Waals surface area contributed by atoms with Crippen molar-refractivity contribution in [3.63, 3.8) is 0 Å². The second kappa shape index (κ2) is 10.2. The van der Waals surface area contributed by atoms with Crippen molar-refractivity contribution in [2.45, 2.75) is 18.6 Å². The minimum atomic E-state index is -0.506. The zero-order valence-corrected chi connectivity index (χ0v) is 17.2. The predicted octanol–water partition coefficient (Wildman–Crippen LogP) is 4.69. The molecule has 1 unspecified atom stereocenters. The highest BCUT2D eigenvalue weighted by atomic mass is 16.5. The number of methoxy groups -OCH3 is 1. The van der Waals surface area contributed by atoms with Crippen LogP contribution in [0.5, 0.6) is 0 Å². The predicted molar refractivity (Wildman–Crippen MR) is 116 cm³/mol. The number of rotatable bonds is 5. The minimum absolute atomic E-state index is 0.506. The van der Waals surface area contributed by atoms with E-state index in [2.05, 4.69) is 91.1 Å². The molecule has 1 atom stereocenters. The first kappa shape index (κ1) is 21.1. The third-order valence-corrected chi connectivity index (χ3v) is 4.72. The first-order chi connectivity index (χ1) is 13.1. The molecular weight excluding hydrogens is 332 g/mol. The second-order valence-corrected chi connectivity index (χ2v) is 6.91. The fourth-order valence-corrected chi connectivity index (χ4v) is 3.62. The zero-order chi connectivity index (χ0) is 19.7. The maximum absolute atomic E-state index is 6.10. The van der Waals surface area contributed by atoms with Crippen molar-refractivity contribution in [1.29, 1.82) is 0 Å². The standard InChI is InChI=1S/C22H25NO.C2H7N/c1-23(2)22(24-3,20-12-8-5-9-13-20)21-15-14-19(17-21)16-18-10-6-4-7-11-18;1-3-2/h4-13,16-17H,14-15H2,1-3H3;3H,1-2H3. The Balaban J connectivity index is 0.000000817. The largest absolute Gasteiger partial charge is 0.355 e. The van der Waals surface area contributed by atoms with Crippen LogP contribution in [0.2, 0.25) is 0 Å². The minimum Gasteiger partial charge on any atom is -0.355 e. The lowest BCUT2D eigenvalue weighted by atomic mass is 9.92. The average molecular weight is 365 g/mol. The van der Waals surface area contributed by atoms with Gasteiger partial charge in [0.25, 0.3) is 0 Å². The number of hydrogen-bond donors (Lipinski definition) is 1. The Bertz CT molecular complexity index is 750. The Morgan fingerprint density at radius 1 is 0.926 bits per heavy atom. The van der Waals surface area contributed by atoms with Crippen LogP contribution in [0.4, 0.5) is 0 Å². The number of ether oxygens (including phenoxy) is 1. The van der Waals surface area contributed by atoms with E-state index in [1.165, 1.54) is 22.3 Å². The van der Waals surface area contributed by atoms with Gasteiger partial charge in [-0.15, -0.1) is 0 Å². The van der Waals surface area contributed by atoms with E-state index in [4.69, 9.17) is 4.74 Å². The Labute approximate surface area is 164 Å². The van der Waals surface area contributed by atoms with Gasteiger partial charge in [-0.25, -0.2) is 0 Å². The highest BCUT2D eigenvalue weighted by Crippen LogP contribution is 2.42. The molecule has 0 fully saturated rings. The summed E-state index contributed by atoms with van der Waals surface area (Å²) in [5.41, 5.74) is 4.58. The fraction of sp³-hybridized carbons (Fsp3) is 0.333. The third kappa shape index (κ3) is 4.95. The normalized spacial score (nSPS) is 17.3. The molecule has 1 aliphatic carbocycles. The molecule has 0 saturated heterocycles. The van der Waals surface area contributed by atoms with Gasteiger partial charge in [0.05, 0.1) is 0 Å². The van der Waals surface area contributed by atoms with Crippen LogP contribution in [-0.2, 0) is 10.5 Å². The molecule has 2 aromatic carbocycles. The molecule has 0 aromatic heterocycles. The first-order valence-electron chi connectivity index (χ1n) is 9.41. The van der Waals surface area contributed by atoms with Gasteiger partial charge in [-0.1, -0.05) is 72.8 Å². The van der Waals surface area contributed by atoms with Crippen molar-refractivity contribution in [2.24, 2.45) is 0 Å². The number of nitrogens with zero attached hydrogens (tertiary/aromatic N) is 1. The maximum Gasteiger partial charge on any atom is 0.169 e. The van der Waals surface area contributed by atoms with Gasteiger partial charge in [0, 0.05) is 12.7 Å².